The van der Waals surface area contributed by atoms with Gasteiger partial charge < -0.3 is 5.73 Å². The molecule has 112 valence electrons. The van der Waals surface area contributed by atoms with Crippen molar-refractivity contribution >= 4 is 0 Å². The van der Waals surface area contributed by atoms with Crippen LogP contribution in [-0.4, -0.2) is 18.0 Å². The molecule has 21 heavy (non-hydrogen) atoms. The van der Waals surface area contributed by atoms with Crippen LogP contribution in [0.5, 0.6) is 0 Å². The quantitative estimate of drug-likeness (QED) is 0.793. The second-order valence-corrected chi connectivity index (χ2v) is 5.51. The van der Waals surface area contributed by atoms with Gasteiger partial charge in [-0.15, -0.1) is 0 Å². The Morgan fingerprint density at radius 1 is 0.952 bits per heavy atom. The fourth-order valence-electron chi connectivity index (χ4n) is 2.59. The van der Waals surface area contributed by atoms with Crippen LogP contribution >= 0.6 is 0 Å². The predicted octanol–water partition coefficient (Wildman–Crippen LogP) is 3.99. The van der Waals surface area contributed by atoms with Crippen molar-refractivity contribution in [3.63, 3.8) is 0 Å². The summed E-state index contributed by atoms with van der Waals surface area (Å²) in [7, 11) is 0. The Kier molecular flexibility index (Phi) is 6.45. The standard InChI is InChI=1S/C19H26N2/c1-2-21(16-17-10-5-3-6-11-17)15-9-14-19(20)18-12-7-4-8-13-18/h3-8,10-13,19H,2,9,14-16,20H2,1H3. The number of nitrogens with two attached hydrogens (primary N) is 1. The van der Waals surface area contributed by atoms with Gasteiger partial charge in [-0.05, 0) is 37.1 Å². The highest BCUT2D eigenvalue weighted by Gasteiger charge is 2.07. The second-order valence-electron chi connectivity index (χ2n) is 5.51. The summed E-state index contributed by atoms with van der Waals surface area (Å²) in [5.41, 5.74) is 8.88. The molecule has 0 heterocycles. The Labute approximate surface area is 128 Å². The van der Waals surface area contributed by atoms with E-state index in [1.54, 1.807) is 0 Å². The molecule has 2 N–H and O–H groups in total. The fraction of sp³-hybridized carbons (Fsp3) is 0.368. The summed E-state index contributed by atoms with van der Waals surface area (Å²) in [5.74, 6) is 0. The first-order valence-corrected chi connectivity index (χ1v) is 7.86. The van der Waals surface area contributed by atoms with Crippen LogP contribution in [0.15, 0.2) is 60.7 Å². The van der Waals surface area contributed by atoms with Gasteiger partial charge >= 0.3 is 0 Å². The van der Waals surface area contributed by atoms with Gasteiger partial charge in [0, 0.05) is 12.6 Å². The molecule has 0 saturated carbocycles. The molecule has 0 bridgehead atoms. The van der Waals surface area contributed by atoms with Crippen molar-refractivity contribution in [2.75, 3.05) is 13.1 Å². The first-order chi connectivity index (χ1) is 10.3. The Bertz CT molecular complexity index is 495. The molecule has 2 rings (SSSR count). The molecule has 2 aromatic rings. The van der Waals surface area contributed by atoms with E-state index in [1.807, 2.05) is 6.07 Å². The van der Waals surface area contributed by atoms with Crippen molar-refractivity contribution in [2.45, 2.75) is 32.4 Å². The largest absolute Gasteiger partial charge is 0.324 e. The molecule has 0 aromatic heterocycles. The average Bonchev–Trinajstić information content (AvgIpc) is 2.55. The Hall–Kier alpha value is -1.64. The van der Waals surface area contributed by atoms with Gasteiger partial charge in [-0.2, -0.15) is 0 Å². The molecule has 0 saturated heterocycles. The maximum atomic E-state index is 6.26. The van der Waals surface area contributed by atoms with E-state index in [-0.39, 0.29) is 6.04 Å². The molecule has 0 aliphatic rings. The lowest BCUT2D eigenvalue weighted by Crippen LogP contribution is -2.25. The molecule has 2 aromatic carbocycles. The highest BCUT2D eigenvalue weighted by molar-refractivity contribution is 5.18. The maximum absolute atomic E-state index is 6.26. The molecule has 0 radical (unpaired) electrons. The van der Waals surface area contributed by atoms with E-state index in [1.165, 1.54) is 11.1 Å². The van der Waals surface area contributed by atoms with Crippen LogP contribution in [0.25, 0.3) is 0 Å². The van der Waals surface area contributed by atoms with Crippen molar-refractivity contribution < 1.29 is 0 Å². The molecule has 0 aliphatic carbocycles. The summed E-state index contributed by atoms with van der Waals surface area (Å²) in [6, 6.07) is 21.2. The third-order valence-electron chi connectivity index (χ3n) is 3.91. The van der Waals surface area contributed by atoms with E-state index in [2.05, 4.69) is 66.4 Å². The van der Waals surface area contributed by atoms with Crippen molar-refractivity contribution in [1.82, 2.24) is 4.90 Å². The predicted molar refractivity (Wildman–Crippen MR) is 90.0 cm³/mol. The third kappa shape index (κ3) is 5.33. The van der Waals surface area contributed by atoms with Gasteiger partial charge in [-0.25, -0.2) is 0 Å². The molecule has 1 atom stereocenters. The Morgan fingerprint density at radius 3 is 2.19 bits per heavy atom. The van der Waals surface area contributed by atoms with Crippen LogP contribution in [0, 0.1) is 0 Å². The minimum Gasteiger partial charge on any atom is -0.324 e. The van der Waals surface area contributed by atoms with E-state index in [0.717, 1.165) is 32.5 Å². The summed E-state index contributed by atoms with van der Waals surface area (Å²) in [6.07, 6.45) is 2.17. The maximum Gasteiger partial charge on any atom is 0.0295 e. The van der Waals surface area contributed by atoms with E-state index in [4.69, 9.17) is 5.73 Å². The Morgan fingerprint density at radius 2 is 1.57 bits per heavy atom. The molecule has 2 nitrogen and oxygen atoms in total. The van der Waals surface area contributed by atoms with Crippen molar-refractivity contribution in [1.29, 1.82) is 0 Å². The topological polar surface area (TPSA) is 29.3 Å². The first-order valence-electron chi connectivity index (χ1n) is 7.86. The molecule has 0 spiro atoms. The zero-order valence-corrected chi connectivity index (χ0v) is 12.9. The molecule has 0 fully saturated rings. The lowest BCUT2D eigenvalue weighted by atomic mass is 10.0. The highest BCUT2D eigenvalue weighted by Crippen LogP contribution is 2.15. The second kappa shape index (κ2) is 8.60. The normalized spacial score (nSPS) is 12.5. The molecule has 0 aliphatic heterocycles. The van der Waals surface area contributed by atoms with Crippen LogP contribution in [0.3, 0.4) is 0 Å². The molecule has 0 amide bonds. The summed E-state index contributed by atoms with van der Waals surface area (Å²) in [6.45, 7) is 5.43. The fourth-order valence-corrected chi connectivity index (χ4v) is 2.59. The SMILES string of the molecule is CCN(CCCC(N)c1ccccc1)Cc1ccccc1. The summed E-state index contributed by atoms with van der Waals surface area (Å²) < 4.78 is 0. The van der Waals surface area contributed by atoms with Gasteiger partial charge in [-0.1, -0.05) is 67.6 Å². The highest BCUT2D eigenvalue weighted by atomic mass is 15.1. The molecule has 2 heteroatoms. The van der Waals surface area contributed by atoms with Crippen LogP contribution in [0.2, 0.25) is 0 Å². The lowest BCUT2D eigenvalue weighted by Gasteiger charge is -2.21. The van der Waals surface area contributed by atoms with E-state index in [9.17, 15) is 0 Å². The van der Waals surface area contributed by atoms with Gasteiger partial charge in [0.15, 0.2) is 0 Å². The van der Waals surface area contributed by atoms with Gasteiger partial charge in [0.25, 0.3) is 0 Å². The van der Waals surface area contributed by atoms with Crippen molar-refractivity contribution in [2.24, 2.45) is 5.73 Å². The number of rotatable bonds is 8. The molecular formula is C19H26N2. The van der Waals surface area contributed by atoms with Crippen LogP contribution in [0.4, 0.5) is 0 Å². The van der Waals surface area contributed by atoms with Crippen molar-refractivity contribution in [3.8, 4) is 0 Å². The van der Waals surface area contributed by atoms with Crippen LogP contribution in [0.1, 0.15) is 36.9 Å². The van der Waals surface area contributed by atoms with E-state index in [0.29, 0.717) is 0 Å². The Balaban J connectivity index is 1.76. The van der Waals surface area contributed by atoms with Gasteiger partial charge in [-0.3, -0.25) is 4.90 Å². The summed E-state index contributed by atoms with van der Waals surface area (Å²) >= 11 is 0. The van der Waals surface area contributed by atoms with E-state index < -0.39 is 0 Å². The first kappa shape index (κ1) is 15.7. The van der Waals surface area contributed by atoms with Gasteiger partial charge in [0.05, 0.1) is 0 Å². The van der Waals surface area contributed by atoms with Gasteiger partial charge in [0.2, 0.25) is 0 Å². The van der Waals surface area contributed by atoms with Crippen LogP contribution in [-0.2, 0) is 6.54 Å². The summed E-state index contributed by atoms with van der Waals surface area (Å²) in [5, 5.41) is 0. The van der Waals surface area contributed by atoms with E-state index >= 15 is 0 Å². The summed E-state index contributed by atoms with van der Waals surface area (Å²) in [4.78, 5) is 2.48. The number of hydrogen-bond donors (Lipinski definition) is 1. The smallest absolute Gasteiger partial charge is 0.0295 e. The zero-order chi connectivity index (χ0) is 14.9. The lowest BCUT2D eigenvalue weighted by molar-refractivity contribution is 0.271. The molecule has 1 unspecified atom stereocenters. The number of hydrogen-bond acceptors (Lipinski definition) is 2. The third-order valence-corrected chi connectivity index (χ3v) is 3.91. The monoisotopic (exact) mass is 282 g/mol. The van der Waals surface area contributed by atoms with Gasteiger partial charge in [0.1, 0.15) is 0 Å². The minimum absolute atomic E-state index is 0.154. The average molecular weight is 282 g/mol. The molecular weight excluding hydrogens is 256 g/mol. The van der Waals surface area contributed by atoms with Crippen molar-refractivity contribution in [3.05, 3.63) is 71.8 Å². The minimum atomic E-state index is 0.154. The number of nitrogens with zero attached hydrogens (tertiary/aromatic N) is 1. The zero-order valence-electron chi connectivity index (χ0n) is 12.9. The van der Waals surface area contributed by atoms with Crippen LogP contribution < -0.4 is 5.73 Å². The number of benzene rings is 2.